The van der Waals surface area contributed by atoms with E-state index in [4.69, 9.17) is 26.1 Å². The molecule has 1 aliphatic rings. The van der Waals surface area contributed by atoms with Crippen LogP contribution in [0.4, 0.5) is 0 Å². The van der Waals surface area contributed by atoms with Crippen LogP contribution in [0, 0.1) is 0 Å². The van der Waals surface area contributed by atoms with Crippen molar-refractivity contribution in [3.05, 3.63) is 88.4 Å². The van der Waals surface area contributed by atoms with E-state index in [1.54, 1.807) is 20.3 Å². The summed E-state index contributed by atoms with van der Waals surface area (Å²) in [6.07, 6.45) is 0.841. The van der Waals surface area contributed by atoms with E-state index >= 15 is 0 Å². The van der Waals surface area contributed by atoms with Crippen LogP contribution in [-0.2, 0) is 13.0 Å². The Morgan fingerprint density at radius 2 is 1.73 bits per heavy atom. The van der Waals surface area contributed by atoms with Gasteiger partial charge >= 0.3 is 0 Å². The third-order valence-corrected chi connectivity index (χ3v) is 6.33. The Morgan fingerprint density at radius 3 is 2.52 bits per heavy atom. The second-order valence-corrected chi connectivity index (χ2v) is 8.47. The van der Waals surface area contributed by atoms with Crippen molar-refractivity contribution < 1.29 is 14.3 Å². The van der Waals surface area contributed by atoms with Gasteiger partial charge in [0.05, 0.1) is 31.0 Å². The number of benzene rings is 3. The van der Waals surface area contributed by atoms with Gasteiger partial charge in [-0.05, 0) is 60.0 Å². The number of halogens is 1. The van der Waals surface area contributed by atoms with Gasteiger partial charge in [-0.3, -0.25) is 4.79 Å². The van der Waals surface area contributed by atoms with E-state index in [2.05, 4.69) is 12.1 Å². The topological polar surface area (TPSA) is 51.7 Å². The molecule has 5 rings (SSSR count). The SMILES string of the molecule is COc1ccc(-c2cc(C(=O)N3CCc4ccccc4C3)c3cc(Cl)ccc3n2)cc1OC. The van der Waals surface area contributed by atoms with Crippen LogP contribution < -0.4 is 9.47 Å². The normalized spacial score (nSPS) is 13.0. The number of ether oxygens (including phenoxy) is 2. The molecule has 1 aliphatic heterocycles. The summed E-state index contributed by atoms with van der Waals surface area (Å²) >= 11 is 6.29. The molecule has 0 unspecified atom stereocenters. The first-order chi connectivity index (χ1) is 16.1. The molecule has 0 N–H and O–H groups in total. The minimum atomic E-state index is -0.0269. The number of carbonyl (C=O) groups is 1. The van der Waals surface area contributed by atoms with Gasteiger partial charge in [0, 0.05) is 29.1 Å². The van der Waals surface area contributed by atoms with E-state index in [1.807, 2.05) is 53.4 Å². The van der Waals surface area contributed by atoms with Gasteiger partial charge in [0.1, 0.15) is 0 Å². The molecule has 1 aromatic heterocycles. The lowest BCUT2D eigenvalue weighted by Gasteiger charge is -2.29. The van der Waals surface area contributed by atoms with Crippen LogP contribution in [0.1, 0.15) is 21.5 Å². The molecule has 2 heterocycles. The minimum Gasteiger partial charge on any atom is -0.493 e. The second kappa shape index (κ2) is 8.75. The number of pyridine rings is 1. The summed E-state index contributed by atoms with van der Waals surface area (Å²) in [5.41, 5.74) is 5.32. The van der Waals surface area contributed by atoms with Crippen molar-refractivity contribution in [3.63, 3.8) is 0 Å². The Kier molecular flexibility index (Phi) is 5.65. The van der Waals surface area contributed by atoms with E-state index in [0.29, 0.717) is 46.4 Å². The second-order valence-electron chi connectivity index (χ2n) is 8.03. The number of hydrogen-bond acceptors (Lipinski definition) is 4. The third-order valence-electron chi connectivity index (χ3n) is 6.10. The monoisotopic (exact) mass is 458 g/mol. The molecule has 0 saturated carbocycles. The third kappa shape index (κ3) is 4.00. The van der Waals surface area contributed by atoms with Crippen molar-refractivity contribution in [2.75, 3.05) is 20.8 Å². The minimum absolute atomic E-state index is 0.0269. The summed E-state index contributed by atoms with van der Waals surface area (Å²) in [4.78, 5) is 20.5. The highest BCUT2D eigenvalue weighted by Crippen LogP contribution is 2.34. The van der Waals surface area contributed by atoms with Gasteiger partial charge in [-0.1, -0.05) is 35.9 Å². The van der Waals surface area contributed by atoms with Gasteiger partial charge in [0.25, 0.3) is 5.91 Å². The average Bonchev–Trinajstić information content (AvgIpc) is 2.86. The molecule has 33 heavy (non-hydrogen) atoms. The van der Waals surface area contributed by atoms with Crippen LogP contribution in [0.5, 0.6) is 11.5 Å². The Bertz CT molecular complexity index is 1370. The molecule has 0 aliphatic carbocycles. The molecule has 0 bridgehead atoms. The van der Waals surface area contributed by atoms with Crippen molar-refractivity contribution in [3.8, 4) is 22.8 Å². The molecule has 5 nitrogen and oxygen atoms in total. The first-order valence-electron chi connectivity index (χ1n) is 10.8. The van der Waals surface area contributed by atoms with Gasteiger partial charge in [0.2, 0.25) is 0 Å². The van der Waals surface area contributed by atoms with E-state index < -0.39 is 0 Å². The highest BCUT2D eigenvalue weighted by Gasteiger charge is 2.24. The fourth-order valence-corrected chi connectivity index (χ4v) is 4.53. The average molecular weight is 459 g/mol. The quantitative estimate of drug-likeness (QED) is 0.389. The van der Waals surface area contributed by atoms with E-state index in [0.717, 1.165) is 17.4 Å². The van der Waals surface area contributed by atoms with Crippen LogP contribution in [0.15, 0.2) is 66.7 Å². The number of aromatic nitrogens is 1. The molecule has 0 radical (unpaired) electrons. The fourth-order valence-electron chi connectivity index (χ4n) is 4.36. The van der Waals surface area contributed by atoms with Crippen LogP contribution in [0.3, 0.4) is 0 Å². The van der Waals surface area contributed by atoms with Crippen molar-refractivity contribution in [1.29, 1.82) is 0 Å². The Hall–Kier alpha value is -3.57. The van der Waals surface area contributed by atoms with Gasteiger partial charge in [-0.25, -0.2) is 4.98 Å². The number of fused-ring (bicyclic) bond motifs is 2. The lowest BCUT2D eigenvalue weighted by atomic mass is 9.98. The van der Waals surface area contributed by atoms with Gasteiger partial charge in [0.15, 0.2) is 11.5 Å². The molecular formula is C27H23ClN2O3. The summed E-state index contributed by atoms with van der Waals surface area (Å²) in [6.45, 7) is 1.26. The molecule has 3 aromatic carbocycles. The summed E-state index contributed by atoms with van der Waals surface area (Å²) in [6, 6.07) is 21.2. The zero-order valence-electron chi connectivity index (χ0n) is 18.5. The summed E-state index contributed by atoms with van der Waals surface area (Å²) < 4.78 is 10.8. The number of hydrogen-bond donors (Lipinski definition) is 0. The maximum absolute atomic E-state index is 13.8. The van der Waals surface area contributed by atoms with Gasteiger partial charge in [-0.2, -0.15) is 0 Å². The van der Waals surface area contributed by atoms with Gasteiger partial charge < -0.3 is 14.4 Å². The standard InChI is InChI=1S/C27H23ClN2O3/c1-32-25-10-7-18(13-26(25)33-2)24-15-22(21-14-20(28)8-9-23(21)29-24)27(31)30-12-11-17-5-3-4-6-19(17)16-30/h3-10,13-15H,11-12,16H2,1-2H3. The highest BCUT2D eigenvalue weighted by molar-refractivity contribution is 6.31. The Morgan fingerprint density at radius 1 is 0.939 bits per heavy atom. The number of carbonyl (C=O) groups excluding carboxylic acids is 1. The van der Waals surface area contributed by atoms with Crippen molar-refractivity contribution in [2.45, 2.75) is 13.0 Å². The molecule has 4 aromatic rings. The number of nitrogens with zero attached hydrogens (tertiary/aromatic N) is 2. The largest absolute Gasteiger partial charge is 0.493 e. The molecule has 166 valence electrons. The predicted octanol–water partition coefficient (Wildman–Crippen LogP) is 5.77. The lowest BCUT2D eigenvalue weighted by molar-refractivity contribution is 0.0736. The molecule has 1 amide bonds. The summed E-state index contributed by atoms with van der Waals surface area (Å²) in [5.74, 6) is 1.21. The highest BCUT2D eigenvalue weighted by atomic mass is 35.5. The molecule has 0 spiro atoms. The first-order valence-corrected chi connectivity index (χ1v) is 11.1. The van der Waals surface area contributed by atoms with E-state index in [1.165, 1.54) is 11.1 Å². The molecule has 0 fully saturated rings. The van der Waals surface area contributed by atoms with E-state index in [-0.39, 0.29) is 5.91 Å². The number of methoxy groups -OCH3 is 2. The fraction of sp³-hybridized carbons (Fsp3) is 0.185. The van der Waals surface area contributed by atoms with E-state index in [9.17, 15) is 4.79 Å². The predicted molar refractivity (Wildman–Crippen MR) is 130 cm³/mol. The zero-order valence-corrected chi connectivity index (χ0v) is 19.2. The van der Waals surface area contributed by atoms with Crippen molar-refractivity contribution in [1.82, 2.24) is 9.88 Å². The van der Waals surface area contributed by atoms with Crippen LogP contribution >= 0.6 is 11.6 Å². The van der Waals surface area contributed by atoms with Crippen molar-refractivity contribution >= 4 is 28.4 Å². The van der Waals surface area contributed by atoms with Crippen LogP contribution in [0.25, 0.3) is 22.2 Å². The van der Waals surface area contributed by atoms with Gasteiger partial charge in [-0.15, -0.1) is 0 Å². The molecule has 6 heteroatoms. The van der Waals surface area contributed by atoms with Crippen LogP contribution in [-0.4, -0.2) is 36.6 Å². The molecule has 0 saturated heterocycles. The van der Waals surface area contributed by atoms with Crippen molar-refractivity contribution in [2.24, 2.45) is 0 Å². The molecular weight excluding hydrogens is 436 g/mol. The zero-order chi connectivity index (χ0) is 22.9. The Balaban J connectivity index is 1.61. The number of rotatable bonds is 4. The maximum atomic E-state index is 13.8. The maximum Gasteiger partial charge on any atom is 0.254 e. The summed E-state index contributed by atoms with van der Waals surface area (Å²) in [7, 11) is 3.20. The first kappa shape index (κ1) is 21.3. The summed E-state index contributed by atoms with van der Waals surface area (Å²) in [5, 5.41) is 1.32. The van der Waals surface area contributed by atoms with Crippen LogP contribution in [0.2, 0.25) is 5.02 Å². The number of amides is 1. The molecule has 0 atom stereocenters. The smallest absolute Gasteiger partial charge is 0.254 e. The lowest BCUT2D eigenvalue weighted by Crippen LogP contribution is -2.36. The Labute approximate surface area is 197 Å².